The first-order valence-electron chi connectivity index (χ1n) is 11.9. The number of aromatic nitrogens is 2. The van der Waals surface area contributed by atoms with E-state index in [0.29, 0.717) is 29.7 Å². The Morgan fingerprint density at radius 3 is 2.31 bits per heavy atom. The molecule has 0 aliphatic heterocycles. The van der Waals surface area contributed by atoms with Crippen LogP contribution in [0.25, 0.3) is 11.4 Å². The van der Waals surface area contributed by atoms with Gasteiger partial charge in [-0.1, -0.05) is 61.5 Å². The summed E-state index contributed by atoms with van der Waals surface area (Å²) < 4.78 is 29.9. The van der Waals surface area contributed by atoms with Gasteiger partial charge in [-0.3, -0.25) is 9.36 Å². The van der Waals surface area contributed by atoms with Gasteiger partial charge in [-0.15, -0.1) is 0 Å². The minimum absolute atomic E-state index is 0.141. The fourth-order valence-corrected chi connectivity index (χ4v) is 4.35. The van der Waals surface area contributed by atoms with Crippen molar-refractivity contribution in [2.24, 2.45) is 0 Å². The Kier molecular flexibility index (Phi) is 7.70. The summed E-state index contributed by atoms with van der Waals surface area (Å²) >= 11 is 0. The summed E-state index contributed by atoms with van der Waals surface area (Å²) in [7, 11) is 0. The molecule has 0 amide bonds. The molecular formula is C29H28F2N2O2. The Morgan fingerprint density at radius 2 is 1.57 bits per heavy atom. The van der Waals surface area contributed by atoms with Gasteiger partial charge in [0, 0.05) is 12.1 Å². The summed E-state index contributed by atoms with van der Waals surface area (Å²) in [4.78, 5) is 18.4. The van der Waals surface area contributed by atoms with Crippen molar-refractivity contribution in [2.75, 3.05) is 0 Å². The summed E-state index contributed by atoms with van der Waals surface area (Å²) in [6.45, 7) is 2.05. The average Bonchev–Trinajstić information content (AvgIpc) is 2.86. The molecule has 4 nitrogen and oxygen atoms in total. The van der Waals surface area contributed by atoms with E-state index >= 15 is 0 Å². The molecule has 0 spiro atoms. The summed E-state index contributed by atoms with van der Waals surface area (Å²) in [5.74, 6) is -1.51. The van der Waals surface area contributed by atoms with Crippen LogP contribution in [-0.4, -0.2) is 14.7 Å². The molecule has 0 aliphatic carbocycles. The van der Waals surface area contributed by atoms with Gasteiger partial charge in [0.1, 0.15) is 11.6 Å². The van der Waals surface area contributed by atoms with Crippen LogP contribution in [-0.2, 0) is 32.2 Å². The number of hydrogen-bond donors (Lipinski definition) is 1. The van der Waals surface area contributed by atoms with Crippen molar-refractivity contribution in [1.29, 1.82) is 0 Å². The molecule has 1 N–H and O–H groups in total. The molecule has 0 bridgehead atoms. The second kappa shape index (κ2) is 11.1. The third-order valence-corrected chi connectivity index (χ3v) is 6.21. The number of phenolic OH excluding ortho intramolecular Hbond substituents is 1. The minimum atomic E-state index is -0.789. The van der Waals surface area contributed by atoms with Crippen LogP contribution in [0.3, 0.4) is 0 Å². The Morgan fingerprint density at radius 1 is 0.857 bits per heavy atom. The number of halogens is 2. The van der Waals surface area contributed by atoms with Crippen LogP contribution < -0.4 is 5.56 Å². The molecular weight excluding hydrogens is 446 g/mol. The first-order chi connectivity index (χ1) is 17.0. The monoisotopic (exact) mass is 474 g/mol. The van der Waals surface area contributed by atoms with E-state index in [2.05, 4.69) is 12.1 Å². The molecule has 3 aromatic carbocycles. The minimum Gasteiger partial charge on any atom is -0.504 e. The van der Waals surface area contributed by atoms with Crippen molar-refractivity contribution in [3.63, 3.8) is 0 Å². The Balaban J connectivity index is 1.74. The van der Waals surface area contributed by atoms with Crippen molar-refractivity contribution < 1.29 is 13.9 Å². The summed E-state index contributed by atoms with van der Waals surface area (Å²) in [6, 6.07) is 20.7. The molecule has 1 heterocycles. The molecule has 0 aliphatic rings. The van der Waals surface area contributed by atoms with E-state index in [1.807, 2.05) is 25.1 Å². The molecule has 0 unspecified atom stereocenters. The van der Waals surface area contributed by atoms with Crippen molar-refractivity contribution in [3.8, 4) is 17.1 Å². The zero-order chi connectivity index (χ0) is 24.8. The van der Waals surface area contributed by atoms with E-state index in [9.17, 15) is 18.7 Å². The maximum Gasteiger partial charge on any atom is 0.257 e. The summed E-state index contributed by atoms with van der Waals surface area (Å²) in [6.07, 6.45) is 2.94. The molecule has 0 radical (unpaired) electrons. The van der Waals surface area contributed by atoms with Crippen LogP contribution in [0.15, 0.2) is 77.6 Å². The van der Waals surface area contributed by atoms with Crippen molar-refractivity contribution in [2.45, 2.75) is 45.6 Å². The van der Waals surface area contributed by atoms with Crippen LogP contribution >= 0.6 is 0 Å². The number of nitrogens with zero attached hydrogens (tertiary/aromatic N) is 2. The van der Waals surface area contributed by atoms with Crippen molar-refractivity contribution in [3.05, 3.63) is 117 Å². The number of para-hydroxylation sites is 1. The predicted molar refractivity (Wildman–Crippen MR) is 134 cm³/mol. The first-order valence-corrected chi connectivity index (χ1v) is 11.9. The van der Waals surface area contributed by atoms with Gasteiger partial charge in [0.2, 0.25) is 0 Å². The van der Waals surface area contributed by atoms with E-state index < -0.39 is 11.6 Å². The van der Waals surface area contributed by atoms with Crippen molar-refractivity contribution >= 4 is 0 Å². The highest BCUT2D eigenvalue weighted by Crippen LogP contribution is 2.30. The highest BCUT2D eigenvalue weighted by atomic mass is 19.1. The van der Waals surface area contributed by atoms with E-state index in [4.69, 9.17) is 4.98 Å². The molecule has 4 rings (SSSR count). The smallest absolute Gasteiger partial charge is 0.257 e. The number of phenols is 1. The van der Waals surface area contributed by atoms with E-state index in [-0.39, 0.29) is 35.7 Å². The third-order valence-electron chi connectivity index (χ3n) is 6.21. The second-order valence-electron chi connectivity index (χ2n) is 8.49. The molecule has 6 heteroatoms. The topological polar surface area (TPSA) is 55.1 Å². The normalized spacial score (nSPS) is 11.1. The number of aryl methyl sites for hydroxylation is 3. The Hall–Kier alpha value is -3.80. The van der Waals surface area contributed by atoms with Gasteiger partial charge >= 0.3 is 0 Å². The summed E-state index contributed by atoms with van der Waals surface area (Å²) in [5.41, 5.74) is 2.81. The fraction of sp³-hybridized carbons (Fsp3) is 0.241. The van der Waals surface area contributed by atoms with E-state index in [0.717, 1.165) is 18.9 Å². The van der Waals surface area contributed by atoms with E-state index in [1.165, 1.54) is 22.3 Å². The van der Waals surface area contributed by atoms with Crippen LogP contribution in [0.1, 0.15) is 35.7 Å². The molecule has 180 valence electrons. The SMILES string of the molecule is CCc1c(CCCc2ccccc2)nc(-c2cccc(F)c2O)n(CCc2ccccc2F)c1=O. The molecule has 1 aromatic heterocycles. The van der Waals surface area contributed by atoms with Crippen LogP contribution in [0.4, 0.5) is 8.78 Å². The van der Waals surface area contributed by atoms with Crippen molar-refractivity contribution in [1.82, 2.24) is 9.55 Å². The van der Waals surface area contributed by atoms with Gasteiger partial charge in [0.05, 0.1) is 11.3 Å². The van der Waals surface area contributed by atoms with Crippen LogP contribution in [0.5, 0.6) is 5.75 Å². The van der Waals surface area contributed by atoms with Crippen LogP contribution in [0.2, 0.25) is 0 Å². The quantitative estimate of drug-likeness (QED) is 0.330. The predicted octanol–water partition coefficient (Wildman–Crippen LogP) is 5.87. The highest BCUT2D eigenvalue weighted by Gasteiger charge is 2.20. The lowest BCUT2D eigenvalue weighted by molar-refractivity contribution is 0.433. The van der Waals surface area contributed by atoms with Gasteiger partial charge in [0.25, 0.3) is 5.56 Å². The van der Waals surface area contributed by atoms with Gasteiger partial charge < -0.3 is 5.11 Å². The maximum atomic E-state index is 14.2. The van der Waals surface area contributed by atoms with E-state index in [1.54, 1.807) is 24.3 Å². The summed E-state index contributed by atoms with van der Waals surface area (Å²) in [5, 5.41) is 10.4. The van der Waals surface area contributed by atoms with Gasteiger partial charge in [0.15, 0.2) is 11.6 Å². The molecule has 35 heavy (non-hydrogen) atoms. The molecule has 4 aromatic rings. The molecule has 0 saturated carbocycles. The fourth-order valence-electron chi connectivity index (χ4n) is 4.35. The number of benzene rings is 3. The number of hydrogen-bond acceptors (Lipinski definition) is 3. The van der Waals surface area contributed by atoms with Gasteiger partial charge in [-0.2, -0.15) is 0 Å². The number of aromatic hydroxyl groups is 1. The zero-order valence-corrected chi connectivity index (χ0v) is 19.7. The lowest BCUT2D eigenvalue weighted by Crippen LogP contribution is -2.29. The second-order valence-corrected chi connectivity index (χ2v) is 8.49. The highest BCUT2D eigenvalue weighted by molar-refractivity contribution is 5.64. The lowest BCUT2D eigenvalue weighted by Gasteiger charge is -2.18. The average molecular weight is 475 g/mol. The van der Waals surface area contributed by atoms with Gasteiger partial charge in [-0.25, -0.2) is 13.8 Å². The number of rotatable bonds is 9. The lowest BCUT2D eigenvalue weighted by atomic mass is 10.0. The molecule has 0 fully saturated rings. The first kappa shape index (κ1) is 24.3. The maximum absolute atomic E-state index is 14.2. The standard InChI is InChI=1S/C29H28F2N2O2/c1-2-22-26(17-8-12-20-10-4-3-5-11-20)32-28(23-14-9-16-25(31)27(23)34)33(29(22)35)19-18-21-13-6-7-15-24(21)30/h3-7,9-11,13-16,34H,2,8,12,17-19H2,1H3. The van der Waals surface area contributed by atoms with Gasteiger partial charge in [-0.05, 0) is 61.4 Å². The van der Waals surface area contributed by atoms with Crippen LogP contribution in [0, 0.1) is 11.6 Å². The zero-order valence-electron chi connectivity index (χ0n) is 19.7. The molecule has 0 atom stereocenters. The third kappa shape index (κ3) is 5.48. The Labute approximate surface area is 203 Å². The largest absolute Gasteiger partial charge is 0.504 e. The molecule has 0 saturated heterocycles. The Bertz CT molecular complexity index is 1370.